The molecule has 0 spiro atoms. The summed E-state index contributed by atoms with van der Waals surface area (Å²) in [6, 6.07) is 0. The minimum Gasteiger partial charge on any atom is -0.462 e. The van der Waals surface area contributed by atoms with Gasteiger partial charge in [-0.3, -0.25) is 14.4 Å². The van der Waals surface area contributed by atoms with Gasteiger partial charge in [0.2, 0.25) is 0 Å². The third-order valence-electron chi connectivity index (χ3n) is 13.9. The van der Waals surface area contributed by atoms with Gasteiger partial charge in [0.25, 0.3) is 0 Å². The Balaban J connectivity index is 4.20. The van der Waals surface area contributed by atoms with E-state index in [2.05, 4.69) is 41.5 Å². The molecule has 0 aromatic carbocycles. The van der Waals surface area contributed by atoms with Gasteiger partial charge in [-0.05, 0) is 37.0 Å². The largest absolute Gasteiger partial charge is 0.462 e. The summed E-state index contributed by atoms with van der Waals surface area (Å²) in [4.78, 5) is 38.0. The summed E-state index contributed by atoms with van der Waals surface area (Å²) in [5, 5.41) is 0. The Morgan fingerprint density at radius 1 is 0.312 bits per heavy atom. The molecule has 0 radical (unpaired) electrons. The Morgan fingerprint density at radius 2 is 0.547 bits per heavy atom. The van der Waals surface area contributed by atoms with Crippen LogP contribution < -0.4 is 0 Å². The first kappa shape index (κ1) is 62.4. The molecule has 0 fully saturated rings. The summed E-state index contributed by atoms with van der Waals surface area (Å²) in [7, 11) is 0. The van der Waals surface area contributed by atoms with Crippen LogP contribution in [-0.2, 0) is 28.6 Å². The van der Waals surface area contributed by atoms with Gasteiger partial charge in [-0.15, -0.1) is 0 Å². The lowest BCUT2D eigenvalue weighted by Crippen LogP contribution is -2.30. The van der Waals surface area contributed by atoms with E-state index < -0.39 is 6.10 Å². The molecule has 6 heteroatoms. The van der Waals surface area contributed by atoms with Crippen molar-refractivity contribution in [2.75, 3.05) is 13.2 Å². The molecule has 2 unspecified atom stereocenters. The minimum absolute atomic E-state index is 0.0645. The van der Waals surface area contributed by atoms with Gasteiger partial charge in [-0.2, -0.15) is 0 Å². The first-order valence-electron chi connectivity index (χ1n) is 28.7. The summed E-state index contributed by atoms with van der Waals surface area (Å²) in [5.74, 6) is 1.71. The van der Waals surface area contributed by atoms with E-state index in [0.29, 0.717) is 19.3 Å². The van der Waals surface area contributed by atoms with E-state index >= 15 is 0 Å². The van der Waals surface area contributed by atoms with E-state index in [1.807, 2.05) is 0 Å². The van der Waals surface area contributed by atoms with Crippen molar-refractivity contribution in [2.45, 2.75) is 324 Å². The molecule has 6 nitrogen and oxygen atoms in total. The number of carbonyl (C=O) groups excluding carboxylic acids is 3. The Labute approximate surface area is 399 Å². The third kappa shape index (κ3) is 48.3. The van der Waals surface area contributed by atoms with E-state index in [-0.39, 0.29) is 31.1 Å². The van der Waals surface area contributed by atoms with Gasteiger partial charge in [0.1, 0.15) is 13.2 Å². The average Bonchev–Trinajstić information content (AvgIpc) is 3.28. The smallest absolute Gasteiger partial charge is 0.306 e. The lowest BCUT2D eigenvalue weighted by atomic mass is 9.99. The molecule has 0 N–H and O–H groups in total. The van der Waals surface area contributed by atoms with Crippen molar-refractivity contribution in [3.63, 3.8) is 0 Å². The topological polar surface area (TPSA) is 78.9 Å². The lowest BCUT2D eigenvalue weighted by Gasteiger charge is -2.18. The highest BCUT2D eigenvalue weighted by molar-refractivity contribution is 5.71. The molecule has 0 aliphatic carbocycles. The number of ether oxygens (including phenoxy) is 3. The maximum Gasteiger partial charge on any atom is 0.306 e. The summed E-state index contributed by atoms with van der Waals surface area (Å²) in [6.45, 7) is 13.8. The number of rotatable bonds is 51. The maximum absolute atomic E-state index is 12.8. The molecule has 0 saturated carbocycles. The van der Waals surface area contributed by atoms with Gasteiger partial charge < -0.3 is 14.2 Å². The molecule has 0 aromatic heterocycles. The highest BCUT2D eigenvalue weighted by Crippen LogP contribution is 2.19. The lowest BCUT2D eigenvalue weighted by molar-refractivity contribution is -0.167. The molecule has 0 aromatic rings. The summed E-state index contributed by atoms with van der Waals surface area (Å²) < 4.78 is 16.8. The molecule has 0 saturated heterocycles. The van der Waals surface area contributed by atoms with E-state index in [9.17, 15) is 14.4 Å². The van der Waals surface area contributed by atoms with Gasteiger partial charge in [0.05, 0.1) is 0 Å². The van der Waals surface area contributed by atoms with Crippen molar-refractivity contribution in [1.82, 2.24) is 0 Å². The van der Waals surface area contributed by atoms with E-state index in [1.165, 1.54) is 199 Å². The second-order valence-electron chi connectivity index (χ2n) is 20.9. The molecule has 380 valence electrons. The summed E-state index contributed by atoms with van der Waals surface area (Å²) in [6.07, 6.45) is 51.0. The zero-order valence-electron chi connectivity index (χ0n) is 44.1. The number of unbranched alkanes of at least 4 members (excludes halogenated alkanes) is 32. The number of hydrogen-bond acceptors (Lipinski definition) is 6. The molecule has 0 rings (SSSR count). The van der Waals surface area contributed by atoms with Crippen molar-refractivity contribution in [1.29, 1.82) is 0 Å². The molecule has 0 aliphatic rings. The van der Waals surface area contributed by atoms with Crippen LogP contribution in [0.4, 0.5) is 0 Å². The Bertz CT molecular complexity index is 995. The molecular weight excluding hydrogens is 793 g/mol. The van der Waals surface area contributed by atoms with Crippen LogP contribution in [0.25, 0.3) is 0 Å². The molecule has 0 heterocycles. The SMILES string of the molecule is CCC(C)CCCCCCCCCCCCCCCCCCCCC(=O)OC[C@H](COC(=O)CCCCCCCCCC(C)C)OC(=O)CCCCCCCCCCCCC(C)CC. The van der Waals surface area contributed by atoms with Gasteiger partial charge in [-0.25, -0.2) is 0 Å². The summed E-state index contributed by atoms with van der Waals surface area (Å²) >= 11 is 0. The zero-order chi connectivity index (χ0) is 47.0. The molecular formula is C58H112O6. The van der Waals surface area contributed by atoms with Crippen molar-refractivity contribution in [3.05, 3.63) is 0 Å². The van der Waals surface area contributed by atoms with Gasteiger partial charge in [0.15, 0.2) is 6.10 Å². The number of carbonyl (C=O) groups is 3. The highest BCUT2D eigenvalue weighted by Gasteiger charge is 2.19. The highest BCUT2D eigenvalue weighted by atomic mass is 16.6. The predicted molar refractivity (Wildman–Crippen MR) is 275 cm³/mol. The maximum atomic E-state index is 12.8. The first-order chi connectivity index (χ1) is 31.2. The van der Waals surface area contributed by atoms with Crippen molar-refractivity contribution in [3.8, 4) is 0 Å². The van der Waals surface area contributed by atoms with E-state index in [4.69, 9.17) is 14.2 Å². The predicted octanol–water partition coefficient (Wildman–Crippen LogP) is 18.7. The van der Waals surface area contributed by atoms with Crippen LogP contribution in [0.3, 0.4) is 0 Å². The fourth-order valence-corrected chi connectivity index (χ4v) is 8.76. The molecule has 0 aliphatic heterocycles. The fraction of sp³-hybridized carbons (Fsp3) is 0.948. The van der Waals surface area contributed by atoms with Crippen molar-refractivity contribution < 1.29 is 28.6 Å². The van der Waals surface area contributed by atoms with Crippen molar-refractivity contribution >= 4 is 17.9 Å². The number of esters is 3. The molecule has 0 bridgehead atoms. The van der Waals surface area contributed by atoms with E-state index in [0.717, 1.165) is 75.5 Å². The first-order valence-corrected chi connectivity index (χ1v) is 28.7. The molecule has 3 atom stereocenters. The van der Waals surface area contributed by atoms with Crippen LogP contribution >= 0.6 is 0 Å². The van der Waals surface area contributed by atoms with Gasteiger partial charge in [0, 0.05) is 19.3 Å². The fourth-order valence-electron chi connectivity index (χ4n) is 8.76. The van der Waals surface area contributed by atoms with Gasteiger partial charge in [-0.1, -0.05) is 279 Å². The summed E-state index contributed by atoms with van der Waals surface area (Å²) in [5.41, 5.74) is 0. The van der Waals surface area contributed by atoms with Crippen LogP contribution in [0.1, 0.15) is 318 Å². The van der Waals surface area contributed by atoms with Crippen molar-refractivity contribution in [2.24, 2.45) is 17.8 Å². The number of hydrogen-bond donors (Lipinski definition) is 0. The average molecular weight is 906 g/mol. The molecule has 0 amide bonds. The van der Waals surface area contributed by atoms with Crippen LogP contribution in [0.15, 0.2) is 0 Å². The van der Waals surface area contributed by atoms with Crippen LogP contribution in [0.2, 0.25) is 0 Å². The van der Waals surface area contributed by atoms with Gasteiger partial charge >= 0.3 is 17.9 Å². The quantitative estimate of drug-likeness (QED) is 0.0344. The normalized spacial score (nSPS) is 13.0. The van der Waals surface area contributed by atoms with Crippen LogP contribution in [0, 0.1) is 17.8 Å². The van der Waals surface area contributed by atoms with E-state index in [1.54, 1.807) is 0 Å². The van der Waals surface area contributed by atoms with Crippen LogP contribution in [0.5, 0.6) is 0 Å². The third-order valence-corrected chi connectivity index (χ3v) is 13.9. The second kappa shape index (κ2) is 49.3. The monoisotopic (exact) mass is 905 g/mol. The van der Waals surface area contributed by atoms with Crippen LogP contribution in [-0.4, -0.2) is 37.2 Å². The zero-order valence-corrected chi connectivity index (χ0v) is 44.1. The Kier molecular flexibility index (Phi) is 48.1. The second-order valence-corrected chi connectivity index (χ2v) is 20.9. The Morgan fingerprint density at radius 3 is 0.812 bits per heavy atom. The standard InChI is InChI=1S/C58H112O6/c1-7-53(5)45-39-33-27-21-17-15-13-11-9-10-12-14-16-18-23-29-35-41-47-56(59)62-50-55(51-63-57(60)48-42-36-31-25-26-32-38-44-52(3)4)64-58(61)49-43-37-30-24-20-19-22-28-34-40-46-54(6)8-2/h52-55H,7-51H2,1-6H3/t53?,54?,55-/m1/s1. The minimum atomic E-state index is -0.764. The molecule has 64 heavy (non-hydrogen) atoms. The Hall–Kier alpha value is -1.59.